The molecule has 84 heavy (non-hydrogen) atoms. The molecule has 0 radical (unpaired) electrons. The highest BCUT2D eigenvalue weighted by atomic mass is 32.2. The van der Waals surface area contributed by atoms with Gasteiger partial charge in [-0.1, -0.05) is 12.1 Å². The first kappa shape index (κ1) is 59.5. The van der Waals surface area contributed by atoms with E-state index in [1.54, 1.807) is 58.3 Å². The maximum atomic E-state index is 16.5. The van der Waals surface area contributed by atoms with Crippen molar-refractivity contribution in [3.8, 4) is 23.0 Å². The molecule has 0 bridgehead atoms. The summed E-state index contributed by atoms with van der Waals surface area (Å²) in [4.78, 5) is 54.2. The smallest absolute Gasteiger partial charge is 0.281 e. The topological polar surface area (TPSA) is 233 Å². The summed E-state index contributed by atoms with van der Waals surface area (Å²) in [6, 6.07) is 20.4. The van der Waals surface area contributed by atoms with Crippen LogP contribution in [0.3, 0.4) is 0 Å². The third-order valence-electron chi connectivity index (χ3n) is 15.4. The van der Waals surface area contributed by atoms with Crippen LogP contribution in [0.1, 0.15) is 119 Å². The Morgan fingerprint density at radius 2 is 1.00 bits per heavy atom. The van der Waals surface area contributed by atoms with Crippen molar-refractivity contribution in [1.82, 2.24) is 24.2 Å². The number of pyridine rings is 4. The van der Waals surface area contributed by atoms with Crippen LogP contribution in [0.5, 0.6) is 23.0 Å². The van der Waals surface area contributed by atoms with Crippen molar-refractivity contribution in [3.05, 3.63) is 131 Å². The molecule has 6 heterocycles. The van der Waals surface area contributed by atoms with Crippen molar-refractivity contribution in [1.29, 1.82) is 0 Å². The Labute approximate surface area is 484 Å². The van der Waals surface area contributed by atoms with Crippen LogP contribution in [0.2, 0.25) is 0 Å². The van der Waals surface area contributed by atoms with Gasteiger partial charge in [-0.05, 0) is 87.1 Å². The van der Waals surface area contributed by atoms with Crippen LogP contribution in [-0.2, 0) is 33.1 Å². The Morgan fingerprint density at radius 1 is 0.571 bits per heavy atom. The van der Waals surface area contributed by atoms with Crippen LogP contribution in [0.25, 0.3) is 0 Å². The van der Waals surface area contributed by atoms with Gasteiger partial charge in [-0.2, -0.15) is 4.31 Å². The number of benzene rings is 2. The Hall–Kier alpha value is -7.68. The molecule has 2 aliphatic heterocycles. The van der Waals surface area contributed by atoms with Crippen molar-refractivity contribution in [2.24, 2.45) is 5.14 Å². The lowest BCUT2D eigenvalue weighted by molar-refractivity contribution is -0.0109. The molecule has 4 aromatic heterocycles. The molecule has 2 aliphatic carbocycles. The number of aromatic nitrogens is 4. The molecule has 2 amide bonds. The largest absolute Gasteiger partial charge is 0.497 e. The number of amides is 2. The molecule has 0 unspecified atom stereocenters. The van der Waals surface area contributed by atoms with Crippen molar-refractivity contribution in [3.63, 3.8) is 0 Å². The number of nitrogens with zero attached hydrogens (tertiary/aromatic N) is 9. The Kier molecular flexibility index (Phi) is 17.1. The van der Waals surface area contributed by atoms with E-state index in [0.29, 0.717) is 34.0 Å². The van der Waals surface area contributed by atoms with Crippen LogP contribution in [0.15, 0.2) is 107 Å². The van der Waals surface area contributed by atoms with Gasteiger partial charge in [-0.15, -0.1) is 0 Å². The van der Waals surface area contributed by atoms with Gasteiger partial charge in [0.25, 0.3) is 31.9 Å². The molecule has 0 spiro atoms. The Bertz CT molecular complexity index is 3630. The number of hydrazine groups is 1. The third kappa shape index (κ3) is 13.1. The van der Waals surface area contributed by atoms with Crippen LogP contribution in [-0.4, -0.2) is 119 Å². The highest BCUT2D eigenvalue weighted by Crippen LogP contribution is 2.44. The SMILES string of the molecule is COc1ccc(CN(Cc2ccc(OC)cc2OC)S(=O)(=O)c2cc(N(C(=O)c3ccc(C4CC4)nc3N3CCCC(F)(F)CC3)N(C(=O)c3ccc(C4CC4)nc3N3CCCC(F)(F)CC3)c3ccnc(S(N)(=O)=O)c3)ccn2)c(OC)c1. The number of hydrogen-bond acceptors (Lipinski definition) is 16. The number of carbonyl (C=O) groups excluding carboxylic acids is 2. The number of hydrogen-bond donors (Lipinski definition) is 1. The quantitative estimate of drug-likeness (QED) is 0.0588. The summed E-state index contributed by atoms with van der Waals surface area (Å²) in [7, 11) is -3.77. The third-order valence-corrected chi connectivity index (χ3v) is 17.9. The Morgan fingerprint density at radius 3 is 1.40 bits per heavy atom. The molecule has 4 aliphatic rings. The minimum atomic E-state index is -4.87. The fourth-order valence-corrected chi connectivity index (χ4v) is 12.3. The summed E-state index contributed by atoms with van der Waals surface area (Å²) in [5.41, 5.74) is 0.898. The van der Waals surface area contributed by atoms with Gasteiger partial charge < -0.3 is 28.7 Å². The van der Waals surface area contributed by atoms with Crippen molar-refractivity contribution in [2.45, 2.75) is 111 Å². The second-order valence-electron chi connectivity index (χ2n) is 21.3. The zero-order chi connectivity index (χ0) is 59.7. The zero-order valence-electron chi connectivity index (χ0n) is 46.7. The molecule has 6 aromatic rings. The first-order valence-electron chi connectivity index (χ1n) is 27.4. The second-order valence-corrected chi connectivity index (χ2v) is 24.7. The van der Waals surface area contributed by atoms with E-state index in [2.05, 4.69) is 9.97 Å². The number of anilines is 4. The standard InChI is InChI=1S/C58H64F4N10O10S2/c1-79-43-13-11-39(49(33-43)81-3)35-70(36-40-12-14-44(80-2)34-50(40)82-4)84(77,78)52-32-42(20-26-65-52)72(56(74)46-16-18-48(38-9-10-38)67-54(46)69-28-6-22-58(61,62)24-30-69)71(41-19-25-64-51(31-41)83(63,75)76)55(73)45-15-17-47(37-7-8-37)66-53(45)68-27-5-21-57(59,60)23-29-68/h11-20,25-26,31-34,37-38H,5-10,21-24,27-30,35-36H2,1-4H3,(H2,63,75,76). The van der Waals surface area contributed by atoms with Crippen LogP contribution >= 0.6 is 0 Å². The first-order chi connectivity index (χ1) is 40.1. The number of carbonyl (C=O) groups is 2. The second kappa shape index (κ2) is 24.1. The summed E-state index contributed by atoms with van der Waals surface area (Å²) in [5.74, 6) is -6.72. The fraction of sp³-hybridized carbons (Fsp3) is 0.414. The van der Waals surface area contributed by atoms with Crippen molar-refractivity contribution in [2.75, 3.05) is 74.4 Å². The summed E-state index contributed by atoms with van der Waals surface area (Å²) >= 11 is 0. The molecule has 2 N–H and O–H groups in total. The van der Waals surface area contributed by atoms with Gasteiger partial charge in [-0.25, -0.2) is 69.5 Å². The van der Waals surface area contributed by atoms with E-state index in [-0.39, 0.29) is 110 Å². The lowest BCUT2D eigenvalue weighted by atomic mass is 10.1. The molecular formula is C58H64F4N10O10S2. The summed E-state index contributed by atoms with van der Waals surface area (Å²) in [6.07, 6.45) is 3.37. The highest BCUT2D eigenvalue weighted by molar-refractivity contribution is 7.89. The van der Waals surface area contributed by atoms with Gasteiger partial charge in [0.05, 0.1) is 50.9 Å². The van der Waals surface area contributed by atoms with E-state index >= 15 is 35.6 Å². The minimum Gasteiger partial charge on any atom is -0.497 e. The number of methoxy groups -OCH3 is 4. The van der Waals surface area contributed by atoms with Gasteiger partial charge >= 0.3 is 0 Å². The van der Waals surface area contributed by atoms with Crippen LogP contribution < -0.4 is 43.9 Å². The summed E-state index contributed by atoms with van der Waals surface area (Å²) in [5, 5.41) is 5.94. The number of alkyl halides is 4. The lowest BCUT2D eigenvalue weighted by Gasteiger charge is -2.37. The number of rotatable bonds is 19. The van der Waals surface area contributed by atoms with Gasteiger partial charge in [0, 0.05) is 136 Å². The number of ether oxygens (including phenoxy) is 4. The zero-order valence-corrected chi connectivity index (χ0v) is 48.4. The number of halogens is 4. The van der Waals surface area contributed by atoms with Crippen molar-refractivity contribution >= 4 is 54.9 Å². The predicted molar refractivity (Wildman–Crippen MR) is 303 cm³/mol. The van der Waals surface area contributed by atoms with E-state index in [1.165, 1.54) is 52.7 Å². The van der Waals surface area contributed by atoms with Crippen molar-refractivity contribution < 1.29 is 62.9 Å². The monoisotopic (exact) mass is 1200 g/mol. The maximum absolute atomic E-state index is 16.5. The van der Waals surface area contributed by atoms with Gasteiger partial charge in [0.15, 0.2) is 10.1 Å². The highest BCUT2D eigenvalue weighted by Gasteiger charge is 2.41. The molecular weight excluding hydrogens is 1140 g/mol. The molecule has 4 fully saturated rings. The molecule has 26 heteroatoms. The summed E-state index contributed by atoms with van der Waals surface area (Å²) < 4.78 is 142. The van der Waals surface area contributed by atoms with E-state index in [1.807, 2.05) is 0 Å². The molecule has 20 nitrogen and oxygen atoms in total. The first-order valence-corrected chi connectivity index (χ1v) is 30.4. The molecule has 446 valence electrons. The van der Waals surface area contributed by atoms with Gasteiger partial charge in [0.1, 0.15) is 34.6 Å². The lowest BCUT2D eigenvalue weighted by Crippen LogP contribution is -2.51. The number of nitrogens with two attached hydrogens (primary N) is 1. The van der Waals surface area contributed by atoms with Crippen LogP contribution in [0, 0.1) is 0 Å². The predicted octanol–water partition coefficient (Wildman–Crippen LogP) is 9.25. The normalized spacial score (nSPS) is 17.2. The molecule has 2 saturated heterocycles. The molecule has 2 aromatic carbocycles. The molecule has 0 atom stereocenters. The fourth-order valence-electron chi connectivity index (χ4n) is 10.4. The van der Waals surface area contributed by atoms with E-state index in [0.717, 1.165) is 64.5 Å². The Balaban J connectivity index is 1.20. The van der Waals surface area contributed by atoms with Crippen LogP contribution in [0.4, 0.5) is 40.6 Å². The van der Waals surface area contributed by atoms with E-state index in [9.17, 15) is 8.42 Å². The van der Waals surface area contributed by atoms with Gasteiger partial charge in [-0.3, -0.25) is 9.59 Å². The average Bonchev–Trinajstić information content (AvgIpc) is 1.73. The molecule has 10 rings (SSSR count). The van der Waals surface area contributed by atoms with E-state index < -0.39 is 79.4 Å². The summed E-state index contributed by atoms with van der Waals surface area (Å²) in [6.45, 7) is -1.00. The number of sulfonamides is 2. The molecule has 2 saturated carbocycles. The number of primary sulfonamides is 1. The van der Waals surface area contributed by atoms with Gasteiger partial charge in [0.2, 0.25) is 11.8 Å². The maximum Gasteiger partial charge on any atom is 0.281 e. The minimum absolute atomic E-state index is 0.0102. The average molecular weight is 1200 g/mol. The van der Waals surface area contributed by atoms with E-state index in [4.69, 9.17) is 34.1 Å².